The van der Waals surface area contributed by atoms with Gasteiger partial charge in [-0.05, 0) is 62.8 Å². The minimum absolute atomic E-state index is 0.0318. The molecule has 0 spiro atoms. The van der Waals surface area contributed by atoms with Crippen molar-refractivity contribution in [2.24, 2.45) is 11.8 Å². The molecule has 1 saturated heterocycles. The lowest BCUT2D eigenvalue weighted by Gasteiger charge is -2.27. The molecule has 2 atom stereocenters. The molecule has 2 aromatic rings. The minimum Gasteiger partial charge on any atom is -0.349 e. The van der Waals surface area contributed by atoms with Crippen molar-refractivity contribution in [2.45, 2.75) is 65.5 Å². The Morgan fingerprint density at radius 3 is 2.62 bits per heavy atom. The molecule has 0 bridgehead atoms. The predicted molar refractivity (Wildman–Crippen MR) is 140 cm³/mol. The lowest BCUT2D eigenvalue weighted by atomic mass is 9.93. The Bertz CT molecular complexity index is 1210. The second-order valence-electron chi connectivity index (χ2n) is 11.2. The number of likely N-dealkylation sites (tertiary alicyclic amines) is 1. The van der Waals surface area contributed by atoms with Crippen LogP contribution in [0.4, 0.5) is 4.39 Å². The summed E-state index contributed by atoms with van der Waals surface area (Å²) >= 11 is 0. The molecule has 2 amide bonds. The van der Waals surface area contributed by atoms with Gasteiger partial charge in [-0.1, -0.05) is 26.0 Å². The van der Waals surface area contributed by atoms with E-state index in [0.717, 1.165) is 55.0 Å². The van der Waals surface area contributed by atoms with Crippen molar-refractivity contribution in [2.75, 3.05) is 26.2 Å². The van der Waals surface area contributed by atoms with E-state index in [1.807, 2.05) is 44.9 Å². The molecule has 198 valence electrons. The van der Waals surface area contributed by atoms with Gasteiger partial charge in [0.25, 0.3) is 5.91 Å². The lowest BCUT2D eigenvalue weighted by Crippen LogP contribution is -2.35. The minimum atomic E-state index is -0.296. The van der Waals surface area contributed by atoms with Gasteiger partial charge in [0, 0.05) is 49.9 Å². The fourth-order valence-electron chi connectivity index (χ4n) is 5.80. The molecule has 8 heteroatoms. The highest BCUT2D eigenvalue weighted by Crippen LogP contribution is 2.35. The Labute approximate surface area is 218 Å². The maximum absolute atomic E-state index is 13.9. The Kier molecular flexibility index (Phi) is 7.21. The number of aromatic nitrogens is 2. The monoisotopic (exact) mass is 507 g/mol. The molecule has 1 aromatic heterocycles. The van der Waals surface area contributed by atoms with Crippen molar-refractivity contribution in [3.8, 4) is 0 Å². The van der Waals surface area contributed by atoms with Crippen molar-refractivity contribution < 1.29 is 14.0 Å². The average Bonchev–Trinajstić information content (AvgIpc) is 3.46. The first kappa shape index (κ1) is 25.6. The van der Waals surface area contributed by atoms with Gasteiger partial charge < -0.3 is 10.2 Å². The van der Waals surface area contributed by atoms with E-state index in [4.69, 9.17) is 5.10 Å². The molecule has 2 fully saturated rings. The molecule has 1 aliphatic carbocycles. The van der Waals surface area contributed by atoms with Gasteiger partial charge in [-0.3, -0.25) is 19.2 Å². The smallest absolute Gasteiger partial charge is 0.261 e. The zero-order valence-electron chi connectivity index (χ0n) is 22.3. The third kappa shape index (κ3) is 5.21. The summed E-state index contributed by atoms with van der Waals surface area (Å²) in [7, 11) is 0. The number of amides is 2. The highest BCUT2D eigenvalue weighted by Gasteiger charge is 2.37. The van der Waals surface area contributed by atoms with Gasteiger partial charge >= 0.3 is 0 Å². The predicted octanol–water partition coefficient (Wildman–Crippen LogP) is 4.54. The van der Waals surface area contributed by atoms with Crippen molar-refractivity contribution in [1.82, 2.24) is 24.9 Å². The van der Waals surface area contributed by atoms with Crippen LogP contribution in [0.15, 0.2) is 36.0 Å². The molecule has 3 aliphatic rings. The van der Waals surface area contributed by atoms with Crippen molar-refractivity contribution in [3.63, 3.8) is 0 Å². The number of hydrogen-bond donors (Lipinski definition) is 1. The Hall–Kier alpha value is -3.00. The summed E-state index contributed by atoms with van der Waals surface area (Å²) in [6.07, 6.45) is 6.25. The molecular formula is C29H38FN5O2. The van der Waals surface area contributed by atoms with Gasteiger partial charge in [-0.25, -0.2) is 4.39 Å². The van der Waals surface area contributed by atoms with Crippen molar-refractivity contribution >= 4 is 11.8 Å². The number of fused-ring (bicyclic) bond motifs is 1. The molecule has 37 heavy (non-hydrogen) atoms. The zero-order valence-corrected chi connectivity index (χ0v) is 22.3. The number of rotatable bonds is 8. The quantitative estimate of drug-likeness (QED) is 0.570. The Morgan fingerprint density at radius 2 is 1.97 bits per heavy atom. The number of aryl methyl sites for hydroxylation is 1. The maximum atomic E-state index is 13.9. The third-order valence-corrected chi connectivity index (χ3v) is 8.19. The van der Waals surface area contributed by atoms with Gasteiger partial charge in [-0.2, -0.15) is 5.10 Å². The second-order valence-corrected chi connectivity index (χ2v) is 11.2. The first-order valence-corrected chi connectivity index (χ1v) is 13.6. The summed E-state index contributed by atoms with van der Waals surface area (Å²) < 4.78 is 15.9. The lowest BCUT2D eigenvalue weighted by molar-refractivity contribution is -0.124. The topological polar surface area (TPSA) is 70.5 Å². The Morgan fingerprint density at radius 1 is 1.19 bits per heavy atom. The fraction of sp³-hybridized carbons (Fsp3) is 0.552. The summed E-state index contributed by atoms with van der Waals surface area (Å²) in [5.41, 5.74) is 4.62. The number of nitrogens with zero attached hydrogens (tertiary/aromatic N) is 4. The summed E-state index contributed by atoms with van der Waals surface area (Å²) in [5.74, 6) is -0.0871. The summed E-state index contributed by atoms with van der Waals surface area (Å²) in [6, 6.07) is 6.69. The highest BCUT2D eigenvalue weighted by atomic mass is 19.1. The van der Waals surface area contributed by atoms with Crippen LogP contribution in [0.1, 0.15) is 78.9 Å². The van der Waals surface area contributed by atoms with Crippen LogP contribution in [0.3, 0.4) is 0 Å². The molecule has 1 unspecified atom stereocenters. The average molecular weight is 508 g/mol. The van der Waals surface area contributed by atoms with Crippen LogP contribution >= 0.6 is 0 Å². The number of benzene rings is 1. The zero-order chi connectivity index (χ0) is 26.3. The van der Waals surface area contributed by atoms with E-state index in [9.17, 15) is 14.0 Å². The summed E-state index contributed by atoms with van der Waals surface area (Å²) in [5, 5.41) is 7.79. The normalized spacial score (nSPS) is 20.6. The van der Waals surface area contributed by atoms with Crippen LogP contribution in [0.2, 0.25) is 0 Å². The molecule has 2 aliphatic heterocycles. The van der Waals surface area contributed by atoms with Crippen LogP contribution in [0, 0.1) is 31.5 Å². The molecule has 3 heterocycles. The molecule has 7 nitrogen and oxygen atoms in total. The van der Waals surface area contributed by atoms with E-state index in [1.165, 1.54) is 24.1 Å². The summed E-state index contributed by atoms with van der Waals surface area (Å²) in [4.78, 5) is 30.1. The molecule has 5 rings (SSSR count). The number of nitrogens with one attached hydrogen (secondary N) is 1. The van der Waals surface area contributed by atoms with Crippen LogP contribution < -0.4 is 5.32 Å². The number of carbonyl (C=O) groups excluding carboxylic acids is 2. The van der Waals surface area contributed by atoms with Crippen molar-refractivity contribution in [3.05, 3.63) is 64.4 Å². The second kappa shape index (κ2) is 10.4. The van der Waals surface area contributed by atoms with E-state index in [2.05, 4.69) is 14.9 Å². The van der Waals surface area contributed by atoms with Gasteiger partial charge in [-0.15, -0.1) is 0 Å². The van der Waals surface area contributed by atoms with Gasteiger partial charge in [0.1, 0.15) is 5.82 Å². The molecule has 0 radical (unpaired) electrons. The van der Waals surface area contributed by atoms with Gasteiger partial charge in [0.05, 0.1) is 23.3 Å². The number of hydrogen-bond acceptors (Lipinski definition) is 4. The van der Waals surface area contributed by atoms with Crippen LogP contribution in [-0.4, -0.2) is 57.6 Å². The standard InChI is InChI=1S/C29H38FN5O2/c1-18(2)28(36)31-26(21-7-5-8-24(30)13-21)11-12-33-14-22-16-34(17-23(22)15-33)29(37)27-19(3)32-35(20(27)4)25-9-6-10-25/h5,7-8,13,16,18,23,25-26H,6,9-12,14-15,17H2,1-4H3,(H,31,36)/t23?,26-/m0/s1. The molecule has 1 aromatic carbocycles. The van der Waals surface area contributed by atoms with E-state index < -0.39 is 0 Å². The fourth-order valence-corrected chi connectivity index (χ4v) is 5.80. The SMILES string of the molecule is Cc1nn(C2CCC2)c(C)c1C(=O)N1C=C2CN(CC[C@H](NC(=O)C(C)C)c3cccc(F)c3)CC2C1. The molecule has 1 saturated carbocycles. The van der Waals surface area contributed by atoms with Crippen LogP contribution in [-0.2, 0) is 4.79 Å². The molecule has 1 N–H and O–H groups in total. The first-order valence-electron chi connectivity index (χ1n) is 13.6. The summed E-state index contributed by atoms with van der Waals surface area (Å²) in [6.45, 7) is 10.8. The highest BCUT2D eigenvalue weighted by molar-refractivity contribution is 5.97. The molecular weight excluding hydrogens is 469 g/mol. The maximum Gasteiger partial charge on any atom is 0.261 e. The van der Waals surface area contributed by atoms with Crippen LogP contribution in [0.25, 0.3) is 0 Å². The third-order valence-electron chi connectivity index (χ3n) is 8.19. The largest absolute Gasteiger partial charge is 0.349 e. The van der Waals surface area contributed by atoms with E-state index in [1.54, 1.807) is 6.07 Å². The number of carbonyl (C=O) groups is 2. The van der Waals surface area contributed by atoms with Gasteiger partial charge in [0.15, 0.2) is 0 Å². The van der Waals surface area contributed by atoms with Crippen molar-refractivity contribution in [1.29, 1.82) is 0 Å². The van der Waals surface area contributed by atoms with Gasteiger partial charge in [0.2, 0.25) is 5.91 Å². The van der Waals surface area contributed by atoms with E-state index >= 15 is 0 Å². The number of halogens is 1. The van der Waals surface area contributed by atoms with E-state index in [0.29, 0.717) is 24.9 Å². The van der Waals surface area contributed by atoms with Crippen LogP contribution in [0.5, 0.6) is 0 Å². The first-order chi connectivity index (χ1) is 17.7. The Balaban J connectivity index is 1.22. The van der Waals surface area contributed by atoms with E-state index in [-0.39, 0.29) is 29.6 Å².